The first-order valence-corrected chi connectivity index (χ1v) is 10.0. The minimum Gasteiger partial charge on any atom is -0.451 e. The van der Waals surface area contributed by atoms with Crippen LogP contribution in [0.2, 0.25) is 0 Å². The lowest BCUT2D eigenvalue weighted by Crippen LogP contribution is -2.45. The van der Waals surface area contributed by atoms with Crippen molar-refractivity contribution in [2.75, 3.05) is 46.3 Å². The van der Waals surface area contributed by atoms with Gasteiger partial charge in [0.2, 0.25) is 0 Å². The Morgan fingerprint density at radius 3 is 2.72 bits per heavy atom. The van der Waals surface area contributed by atoms with E-state index >= 15 is 0 Å². The first-order valence-electron chi connectivity index (χ1n) is 10.0. The van der Waals surface area contributed by atoms with Gasteiger partial charge in [-0.2, -0.15) is 0 Å². The van der Waals surface area contributed by atoms with Crippen LogP contribution in [0, 0.1) is 13.8 Å². The Labute approximate surface area is 169 Å². The van der Waals surface area contributed by atoms with Gasteiger partial charge < -0.3 is 24.0 Å². The van der Waals surface area contributed by atoms with Crippen LogP contribution in [0.5, 0.6) is 0 Å². The van der Waals surface area contributed by atoms with E-state index in [0.717, 1.165) is 61.2 Å². The van der Waals surface area contributed by atoms with Gasteiger partial charge in [0, 0.05) is 43.7 Å². The van der Waals surface area contributed by atoms with Crippen molar-refractivity contribution < 1.29 is 13.6 Å². The summed E-state index contributed by atoms with van der Waals surface area (Å²) in [7, 11) is 2.14. The molecule has 0 aliphatic carbocycles. The van der Waals surface area contributed by atoms with E-state index in [2.05, 4.69) is 38.4 Å². The smallest absolute Gasteiger partial charge is 0.308 e. The van der Waals surface area contributed by atoms with Gasteiger partial charge in [-0.1, -0.05) is 11.6 Å². The van der Waals surface area contributed by atoms with Gasteiger partial charge in [-0.25, -0.2) is 0 Å². The summed E-state index contributed by atoms with van der Waals surface area (Å²) in [6, 6.07) is 5.97. The molecule has 29 heavy (non-hydrogen) atoms. The molecule has 1 aromatic carbocycles. The number of nitrogens with zero attached hydrogens (tertiary/aromatic N) is 4. The molecule has 1 N–H and O–H groups in total. The molecule has 8 nitrogen and oxygen atoms in total. The number of likely N-dealkylation sites (N-methyl/N-ethyl adjacent to an activating group) is 1. The summed E-state index contributed by atoms with van der Waals surface area (Å²) >= 11 is 0. The Hall–Kier alpha value is -2.71. The number of amides is 1. The van der Waals surface area contributed by atoms with Gasteiger partial charge in [-0.05, 0) is 46.0 Å². The molecule has 2 aromatic heterocycles. The topological polar surface area (TPSA) is 87.6 Å². The number of aromatic nitrogens is 2. The van der Waals surface area contributed by atoms with Crippen LogP contribution < -0.4 is 5.32 Å². The lowest BCUT2D eigenvalue weighted by atomic mass is 10.1. The zero-order chi connectivity index (χ0) is 20.4. The Balaban J connectivity index is 1.34. The molecule has 0 bridgehead atoms. The second-order valence-corrected chi connectivity index (χ2v) is 7.72. The summed E-state index contributed by atoms with van der Waals surface area (Å²) in [5.41, 5.74) is 2.83. The monoisotopic (exact) mass is 397 g/mol. The molecule has 8 heteroatoms. The number of rotatable bonds is 6. The van der Waals surface area contributed by atoms with E-state index < -0.39 is 0 Å². The van der Waals surface area contributed by atoms with Gasteiger partial charge in [-0.15, -0.1) is 10.2 Å². The third-order valence-corrected chi connectivity index (χ3v) is 5.44. The summed E-state index contributed by atoms with van der Waals surface area (Å²) in [5, 5.41) is 11.8. The van der Waals surface area contributed by atoms with Crippen LogP contribution in [0.3, 0.4) is 0 Å². The van der Waals surface area contributed by atoms with Crippen LogP contribution in [-0.2, 0) is 0 Å². The fourth-order valence-electron chi connectivity index (χ4n) is 3.60. The minimum absolute atomic E-state index is 0.0457. The highest BCUT2D eigenvalue weighted by Crippen LogP contribution is 2.32. The van der Waals surface area contributed by atoms with Crippen molar-refractivity contribution in [1.82, 2.24) is 25.3 Å². The molecule has 1 fully saturated rings. The Bertz CT molecular complexity index is 1000. The average molecular weight is 397 g/mol. The van der Waals surface area contributed by atoms with Crippen molar-refractivity contribution in [3.63, 3.8) is 0 Å². The van der Waals surface area contributed by atoms with Gasteiger partial charge in [-0.3, -0.25) is 4.79 Å². The van der Waals surface area contributed by atoms with Crippen molar-refractivity contribution in [2.45, 2.75) is 20.3 Å². The Morgan fingerprint density at radius 2 is 1.93 bits per heavy atom. The molecular weight excluding hydrogens is 370 g/mol. The maximum Gasteiger partial charge on any atom is 0.308 e. The molecular formula is C21H27N5O3. The zero-order valence-corrected chi connectivity index (χ0v) is 17.2. The molecule has 0 atom stereocenters. The second-order valence-electron chi connectivity index (χ2n) is 7.72. The highest BCUT2D eigenvalue weighted by molar-refractivity contribution is 5.90. The van der Waals surface area contributed by atoms with Crippen molar-refractivity contribution in [3.05, 3.63) is 35.2 Å². The third-order valence-electron chi connectivity index (χ3n) is 5.44. The number of hydrogen-bond acceptors (Lipinski definition) is 7. The first-order chi connectivity index (χ1) is 14.0. The van der Waals surface area contributed by atoms with E-state index in [1.807, 2.05) is 26.0 Å². The lowest BCUT2D eigenvalue weighted by Gasteiger charge is -2.32. The predicted molar refractivity (Wildman–Crippen MR) is 110 cm³/mol. The van der Waals surface area contributed by atoms with Crippen molar-refractivity contribution >= 4 is 16.9 Å². The number of aryl methyl sites for hydroxylation is 2. The maximum atomic E-state index is 12.3. The molecule has 1 saturated heterocycles. The summed E-state index contributed by atoms with van der Waals surface area (Å²) in [5.74, 6) is 0.327. The fourth-order valence-corrected chi connectivity index (χ4v) is 3.60. The minimum atomic E-state index is -0.355. The number of hydrogen-bond donors (Lipinski definition) is 1. The van der Waals surface area contributed by atoms with Crippen LogP contribution in [0.1, 0.15) is 28.2 Å². The SMILES string of the molecule is Cc1ccc2oc(-c3nnc(C(=O)NCCCN4CCN(C)CC4)o3)c(C)c2c1. The molecule has 154 valence electrons. The molecule has 3 heterocycles. The van der Waals surface area contributed by atoms with Crippen molar-refractivity contribution in [2.24, 2.45) is 0 Å². The Kier molecular flexibility index (Phi) is 5.64. The highest BCUT2D eigenvalue weighted by atomic mass is 16.4. The molecule has 1 aliphatic heterocycles. The summed E-state index contributed by atoms with van der Waals surface area (Å²) in [6.45, 7) is 9.87. The van der Waals surface area contributed by atoms with E-state index in [1.165, 1.54) is 0 Å². The van der Waals surface area contributed by atoms with E-state index in [-0.39, 0.29) is 17.7 Å². The third kappa shape index (κ3) is 4.33. The average Bonchev–Trinajstić information content (AvgIpc) is 3.32. The van der Waals surface area contributed by atoms with E-state index in [1.54, 1.807) is 0 Å². The summed E-state index contributed by atoms with van der Waals surface area (Å²) in [4.78, 5) is 17.1. The van der Waals surface area contributed by atoms with Gasteiger partial charge in [0.1, 0.15) is 5.58 Å². The number of fused-ring (bicyclic) bond motifs is 1. The molecule has 4 rings (SSSR count). The lowest BCUT2D eigenvalue weighted by molar-refractivity contribution is 0.0915. The quantitative estimate of drug-likeness (QED) is 0.639. The van der Waals surface area contributed by atoms with Crippen molar-refractivity contribution in [1.29, 1.82) is 0 Å². The largest absolute Gasteiger partial charge is 0.451 e. The summed E-state index contributed by atoms with van der Waals surface area (Å²) in [6.07, 6.45) is 0.887. The van der Waals surface area contributed by atoms with Gasteiger partial charge in [0.15, 0.2) is 5.76 Å². The van der Waals surface area contributed by atoms with Gasteiger partial charge in [0.25, 0.3) is 5.89 Å². The second kappa shape index (κ2) is 8.34. The fraction of sp³-hybridized carbons (Fsp3) is 0.476. The number of benzene rings is 1. The van der Waals surface area contributed by atoms with Crippen LogP contribution in [0.4, 0.5) is 0 Å². The molecule has 3 aromatic rings. The van der Waals surface area contributed by atoms with Crippen LogP contribution >= 0.6 is 0 Å². The number of carbonyl (C=O) groups excluding carboxylic acids is 1. The predicted octanol–water partition coefficient (Wildman–Crippen LogP) is 2.47. The summed E-state index contributed by atoms with van der Waals surface area (Å²) < 4.78 is 11.5. The normalized spacial score (nSPS) is 15.8. The van der Waals surface area contributed by atoms with E-state index in [4.69, 9.17) is 8.83 Å². The maximum absolute atomic E-state index is 12.3. The number of furan rings is 1. The molecule has 1 amide bonds. The molecule has 0 radical (unpaired) electrons. The van der Waals surface area contributed by atoms with Crippen LogP contribution in [-0.4, -0.2) is 72.2 Å². The highest BCUT2D eigenvalue weighted by Gasteiger charge is 2.21. The standard InChI is InChI=1S/C21H27N5O3/c1-14-5-6-17-16(13-14)15(2)18(28-17)20-23-24-21(29-20)19(27)22-7-4-8-26-11-9-25(3)10-12-26/h5-6,13H,4,7-12H2,1-3H3,(H,22,27). The van der Waals surface area contributed by atoms with Gasteiger partial charge in [0.05, 0.1) is 0 Å². The molecule has 0 spiro atoms. The van der Waals surface area contributed by atoms with Gasteiger partial charge >= 0.3 is 11.8 Å². The first kappa shape index (κ1) is 19.6. The zero-order valence-electron chi connectivity index (χ0n) is 17.2. The number of carbonyl (C=O) groups is 1. The molecule has 0 unspecified atom stereocenters. The number of piperazine rings is 1. The number of nitrogens with one attached hydrogen (secondary N) is 1. The van der Waals surface area contributed by atoms with E-state index in [0.29, 0.717) is 12.3 Å². The molecule has 1 aliphatic rings. The van der Waals surface area contributed by atoms with Crippen LogP contribution in [0.15, 0.2) is 27.0 Å². The molecule has 0 saturated carbocycles. The van der Waals surface area contributed by atoms with E-state index in [9.17, 15) is 4.79 Å². The van der Waals surface area contributed by atoms with Crippen molar-refractivity contribution in [3.8, 4) is 11.7 Å². The van der Waals surface area contributed by atoms with Crippen LogP contribution in [0.25, 0.3) is 22.6 Å². The Morgan fingerprint density at radius 1 is 1.14 bits per heavy atom.